The van der Waals surface area contributed by atoms with E-state index in [0.29, 0.717) is 37.2 Å². The lowest BCUT2D eigenvalue weighted by molar-refractivity contribution is -0.128. The van der Waals surface area contributed by atoms with Gasteiger partial charge in [-0.2, -0.15) is 0 Å². The molecule has 3 rings (SSSR count). The number of aromatic nitrogens is 2. The zero-order valence-electron chi connectivity index (χ0n) is 12.0. The minimum absolute atomic E-state index is 0.0652. The Hall–Kier alpha value is -1.70. The summed E-state index contributed by atoms with van der Waals surface area (Å²) in [5.74, 6) is 0.617. The number of nitrogens with zero attached hydrogens (tertiary/aromatic N) is 4. The molecule has 0 bridgehead atoms. The van der Waals surface area contributed by atoms with Crippen LogP contribution < -0.4 is 5.32 Å². The summed E-state index contributed by atoms with van der Waals surface area (Å²) in [7, 11) is 0. The molecule has 1 aromatic rings. The van der Waals surface area contributed by atoms with E-state index in [-0.39, 0.29) is 11.9 Å². The summed E-state index contributed by atoms with van der Waals surface area (Å²) in [5, 5.41) is 12.5. The normalized spacial score (nSPS) is 19.3. The molecule has 3 amide bonds. The molecule has 8 heteroatoms. The van der Waals surface area contributed by atoms with Gasteiger partial charge in [0.1, 0.15) is 5.01 Å². The second-order valence-electron chi connectivity index (χ2n) is 5.50. The molecule has 21 heavy (non-hydrogen) atoms. The fraction of sp³-hybridized carbons (Fsp3) is 0.692. The fourth-order valence-electron chi connectivity index (χ4n) is 2.39. The predicted molar refractivity (Wildman–Crippen MR) is 79.3 cm³/mol. The molecule has 0 aromatic carbocycles. The van der Waals surface area contributed by atoms with Crippen LogP contribution >= 0.6 is 11.3 Å². The number of hydrogen-bond acceptors (Lipinski definition) is 5. The molecule has 0 spiro atoms. The van der Waals surface area contributed by atoms with Crippen LogP contribution in [0, 0.1) is 0 Å². The zero-order valence-corrected chi connectivity index (χ0v) is 12.9. The monoisotopic (exact) mass is 309 g/mol. The molecule has 1 aliphatic carbocycles. The van der Waals surface area contributed by atoms with Crippen molar-refractivity contribution in [2.24, 2.45) is 0 Å². The zero-order chi connectivity index (χ0) is 14.8. The van der Waals surface area contributed by atoms with Gasteiger partial charge in [0.25, 0.3) is 0 Å². The highest BCUT2D eigenvalue weighted by Gasteiger charge is 2.28. The van der Waals surface area contributed by atoms with Gasteiger partial charge in [-0.15, -0.1) is 10.2 Å². The number of hydrogen-bond donors (Lipinski definition) is 1. The third-order valence-electron chi connectivity index (χ3n) is 3.81. The number of carbonyl (C=O) groups excluding carboxylic acids is 2. The van der Waals surface area contributed by atoms with Gasteiger partial charge < -0.3 is 9.80 Å². The van der Waals surface area contributed by atoms with Crippen molar-refractivity contribution in [3.8, 4) is 0 Å². The first kappa shape index (κ1) is 14.2. The molecule has 1 aliphatic heterocycles. The molecule has 2 aliphatic rings. The largest absolute Gasteiger partial charge is 0.341 e. The smallest absolute Gasteiger partial charge is 0.323 e. The SMILES string of the molecule is CC(=O)N1CCCN(C(=O)Nc2nnc(C3CC3)s2)CC1. The summed E-state index contributed by atoms with van der Waals surface area (Å²) in [6.07, 6.45) is 3.15. The number of rotatable bonds is 2. The molecule has 2 fully saturated rings. The molecule has 0 atom stereocenters. The van der Waals surface area contributed by atoms with Crippen molar-refractivity contribution >= 4 is 28.4 Å². The molecule has 1 N–H and O–H groups in total. The molecule has 114 valence electrons. The highest BCUT2D eigenvalue weighted by molar-refractivity contribution is 7.15. The molecular weight excluding hydrogens is 290 g/mol. The first-order valence-corrected chi connectivity index (χ1v) is 8.10. The molecule has 0 unspecified atom stereocenters. The van der Waals surface area contributed by atoms with E-state index in [2.05, 4.69) is 15.5 Å². The lowest BCUT2D eigenvalue weighted by Gasteiger charge is -2.21. The summed E-state index contributed by atoms with van der Waals surface area (Å²) < 4.78 is 0. The lowest BCUT2D eigenvalue weighted by atomic mass is 10.4. The van der Waals surface area contributed by atoms with E-state index in [1.165, 1.54) is 24.2 Å². The quantitative estimate of drug-likeness (QED) is 0.898. The van der Waals surface area contributed by atoms with E-state index in [9.17, 15) is 9.59 Å². The van der Waals surface area contributed by atoms with Crippen molar-refractivity contribution in [2.75, 3.05) is 31.5 Å². The molecule has 1 saturated carbocycles. The van der Waals surface area contributed by atoms with Gasteiger partial charge in [0.05, 0.1) is 0 Å². The maximum absolute atomic E-state index is 12.2. The second kappa shape index (κ2) is 5.97. The fourth-order valence-corrected chi connectivity index (χ4v) is 3.29. The molecule has 7 nitrogen and oxygen atoms in total. The highest BCUT2D eigenvalue weighted by atomic mass is 32.1. The van der Waals surface area contributed by atoms with Crippen molar-refractivity contribution in [2.45, 2.75) is 32.1 Å². The Morgan fingerprint density at radius 2 is 1.86 bits per heavy atom. The van der Waals surface area contributed by atoms with Gasteiger partial charge in [0.15, 0.2) is 0 Å². The molecular formula is C13H19N5O2S. The van der Waals surface area contributed by atoms with Gasteiger partial charge in [-0.25, -0.2) is 4.79 Å². The van der Waals surface area contributed by atoms with Crippen LogP contribution in [-0.4, -0.2) is 58.1 Å². The standard InChI is InChI=1S/C13H19N5O2S/c1-9(19)17-5-2-6-18(8-7-17)13(20)14-12-16-15-11(21-12)10-3-4-10/h10H,2-8H2,1H3,(H,14,16,20). The Balaban J connectivity index is 1.55. The number of urea groups is 1. The van der Waals surface area contributed by atoms with Gasteiger partial charge in [0.2, 0.25) is 11.0 Å². The third kappa shape index (κ3) is 3.49. The summed E-state index contributed by atoms with van der Waals surface area (Å²) in [5.41, 5.74) is 0. The molecule has 0 radical (unpaired) electrons. The Morgan fingerprint density at radius 1 is 1.14 bits per heavy atom. The first-order chi connectivity index (χ1) is 10.1. The first-order valence-electron chi connectivity index (χ1n) is 7.28. The average Bonchev–Trinajstić information content (AvgIpc) is 3.24. The van der Waals surface area contributed by atoms with Crippen molar-refractivity contribution in [3.63, 3.8) is 0 Å². The summed E-state index contributed by atoms with van der Waals surface area (Å²) in [6.45, 7) is 4.08. The second-order valence-corrected chi connectivity index (χ2v) is 6.51. The number of amides is 3. The summed E-state index contributed by atoms with van der Waals surface area (Å²) >= 11 is 1.46. The van der Waals surface area contributed by atoms with E-state index < -0.39 is 0 Å². The van der Waals surface area contributed by atoms with Crippen molar-refractivity contribution in [1.29, 1.82) is 0 Å². The minimum atomic E-state index is -0.154. The van der Waals surface area contributed by atoms with E-state index >= 15 is 0 Å². The summed E-state index contributed by atoms with van der Waals surface area (Å²) in [4.78, 5) is 27.1. The molecule has 1 saturated heterocycles. The van der Waals surface area contributed by atoms with Crippen LogP contribution in [0.15, 0.2) is 0 Å². The van der Waals surface area contributed by atoms with Crippen LogP contribution in [-0.2, 0) is 4.79 Å². The van der Waals surface area contributed by atoms with Gasteiger partial charge in [-0.05, 0) is 19.3 Å². The Bertz CT molecular complexity index is 542. The van der Waals surface area contributed by atoms with Crippen LogP contribution in [0.3, 0.4) is 0 Å². The highest BCUT2D eigenvalue weighted by Crippen LogP contribution is 2.42. The van der Waals surface area contributed by atoms with Crippen LogP contribution in [0.5, 0.6) is 0 Å². The van der Waals surface area contributed by atoms with E-state index in [4.69, 9.17) is 0 Å². The van der Waals surface area contributed by atoms with Crippen LogP contribution in [0.25, 0.3) is 0 Å². The number of carbonyl (C=O) groups is 2. The maximum Gasteiger partial charge on any atom is 0.323 e. The van der Waals surface area contributed by atoms with Crippen molar-refractivity contribution < 1.29 is 9.59 Å². The van der Waals surface area contributed by atoms with E-state index in [1.54, 1.807) is 16.7 Å². The van der Waals surface area contributed by atoms with E-state index in [1.807, 2.05) is 0 Å². The van der Waals surface area contributed by atoms with Crippen molar-refractivity contribution in [3.05, 3.63) is 5.01 Å². The number of nitrogens with one attached hydrogen (secondary N) is 1. The Labute approximate surface area is 127 Å². The molecule has 1 aromatic heterocycles. The van der Waals surface area contributed by atoms with Crippen LogP contribution in [0.2, 0.25) is 0 Å². The van der Waals surface area contributed by atoms with Crippen LogP contribution in [0.1, 0.15) is 37.1 Å². The topological polar surface area (TPSA) is 78.4 Å². The maximum atomic E-state index is 12.2. The van der Waals surface area contributed by atoms with Crippen LogP contribution in [0.4, 0.5) is 9.93 Å². The third-order valence-corrected chi connectivity index (χ3v) is 4.81. The van der Waals surface area contributed by atoms with Gasteiger partial charge in [-0.3, -0.25) is 10.1 Å². The molecule has 2 heterocycles. The Kier molecular flexibility index (Phi) is 4.05. The summed E-state index contributed by atoms with van der Waals surface area (Å²) in [6, 6.07) is -0.154. The Morgan fingerprint density at radius 3 is 2.57 bits per heavy atom. The predicted octanol–water partition coefficient (Wildman–Crippen LogP) is 1.50. The number of anilines is 1. The van der Waals surface area contributed by atoms with Gasteiger partial charge in [-0.1, -0.05) is 11.3 Å². The van der Waals surface area contributed by atoms with Gasteiger partial charge >= 0.3 is 6.03 Å². The van der Waals surface area contributed by atoms with Crippen molar-refractivity contribution in [1.82, 2.24) is 20.0 Å². The average molecular weight is 309 g/mol. The lowest BCUT2D eigenvalue weighted by Crippen LogP contribution is -2.38. The van der Waals surface area contributed by atoms with E-state index in [0.717, 1.165) is 11.4 Å². The van der Waals surface area contributed by atoms with Gasteiger partial charge in [0, 0.05) is 39.0 Å². The minimum Gasteiger partial charge on any atom is -0.341 e.